The Kier molecular flexibility index (Phi) is 4.48. The first-order chi connectivity index (χ1) is 7.60. The summed E-state index contributed by atoms with van der Waals surface area (Å²) in [6.07, 6.45) is -1.62. The van der Waals surface area contributed by atoms with Crippen molar-refractivity contribution < 1.29 is 14.3 Å². The molecule has 1 heterocycles. The summed E-state index contributed by atoms with van der Waals surface area (Å²) in [5, 5.41) is 10.1. The highest BCUT2D eigenvalue weighted by Crippen LogP contribution is 2.39. The lowest BCUT2D eigenvalue weighted by atomic mass is 9.93. The van der Waals surface area contributed by atoms with Crippen LogP contribution in [0.4, 0.5) is 0 Å². The van der Waals surface area contributed by atoms with Gasteiger partial charge < -0.3 is 20.0 Å². The molecule has 0 aromatic carbocycles. The van der Waals surface area contributed by atoms with Crippen LogP contribution in [0.25, 0.3) is 0 Å². The van der Waals surface area contributed by atoms with Crippen LogP contribution in [0, 0.1) is 0 Å². The van der Waals surface area contributed by atoms with Crippen molar-refractivity contribution in [2.75, 3.05) is 6.54 Å². The second-order valence-corrected chi connectivity index (χ2v) is 11.0. The minimum Gasteiger partial charge on any atom is -0.409 e. The van der Waals surface area contributed by atoms with Gasteiger partial charge in [-0.15, -0.1) is 0 Å². The molecule has 0 aromatic heterocycles. The van der Waals surface area contributed by atoms with Crippen LogP contribution >= 0.6 is 0 Å². The largest absolute Gasteiger partial charge is 0.409 e. The lowest BCUT2D eigenvalue weighted by Gasteiger charge is -2.39. The van der Waals surface area contributed by atoms with E-state index in [0.717, 1.165) is 0 Å². The Morgan fingerprint density at radius 2 is 1.94 bits per heavy atom. The van der Waals surface area contributed by atoms with E-state index in [0.29, 0.717) is 0 Å². The van der Waals surface area contributed by atoms with Gasteiger partial charge in [-0.1, -0.05) is 20.8 Å². The van der Waals surface area contributed by atoms with Gasteiger partial charge in [-0.05, 0) is 18.1 Å². The van der Waals surface area contributed by atoms with Crippen LogP contribution in [0.15, 0.2) is 0 Å². The molecule has 1 rings (SSSR count). The van der Waals surface area contributed by atoms with Crippen LogP contribution in [0.5, 0.6) is 0 Å². The van der Waals surface area contributed by atoms with Crippen LogP contribution in [-0.2, 0) is 9.16 Å². The first-order valence-electron chi connectivity index (χ1n) is 6.07. The highest BCUT2D eigenvalue weighted by atomic mass is 28.4. The summed E-state index contributed by atoms with van der Waals surface area (Å²) in [5.41, 5.74) is 5.51. The molecule has 1 aliphatic rings. The standard InChI is InChI=1S/C11H24BNO3Si/c1-11(2,3)17(4,5)16-9-8(14)7(6-13)15-10(9)12/h7-10,14H,6,13H2,1-5H3/t7-,8?,9+,10-/m1/s1. The van der Waals surface area contributed by atoms with Gasteiger partial charge >= 0.3 is 0 Å². The van der Waals surface area contributed by atoms with Gasteiger partial charge in [-0.25, -0.2) is 0 Å². The number of hydrogen-bond donors (Lipinski definition) is 2. The van der Waals surface area contributed by atoms with Crippen molar-refractivity contribution in [1.29, 1.82) is 0 Å². The van der Waals surface area contributed by atoms with Gasteiger partial charge in [0.05, 0.1) is 12.2 Å². The van der Waals surface area contributed by atoms with E-state index < -0.39 is 32.6 Å². The molecule has 1 saturated heterocycles. The molecule has 4 nitrogen and oxygen atoms in total. The van der Waals surface area contributed by atoms with E-state index in [1.807, 2.05) is 0 Å². The molecule has 1 aliphatic heterocycles. The first kappa shape index (κ1) is 15.2. The third kappa shape index (κ3) is 3.12. The minimum absolute atomic E-state index is 0.0766. The Hall–Kier alpha value is 0.122. The number of aliphatic hydroxyl groups excluding tert-OH is 1. The summed E-state index contributed by atoms with van der Waals surface area (Å²) in [6.45, 7) is 10.9. The van der Waals surface area contributed by atoms with Crippen molar-refractivity contribution in [3.63, 3.8) is 0 Å². The third-order valence-electron chi connectivity index (χ3n) is 3.84. The highest BCUT2D eigenvalue weighted by Gasteiger charge is 2.47. The van der Waals surface area contributed by atoms with Gasteiger partial charge in [0, 0.05) is 12.5 Å². The molecule has 4 atom stereocenters. The van der Waals surface area contributed by atoms with E-state index >= 15 is 0 Å². The molecule has 0 bridgehead atoms. The molecular weight excluding hydrogens is 233 g/mol. The van der Waals surface area contributed by atoms with E-state index in [1.165, 1.54) is 0 Å². The molecule has 0 spiro atoms. The second-order valence-electron chi connectivity index (χ2n) is 6.21. The summed E-state index contributed by atoms with van der Waals surface area (Å²) in [5.74, 6) is 0. The fourth-order valence-electron chi connectivity index (χ4n) is 1.61. The van der Waals surface area contributed by atoms with E-state index in [1.54, 1.807) is 0 Å². The van der Waals surface area contributed by atoms with E-state index in [9.17, 15) is 5.11 Å². The van der Waals surface area contributed by atoms with Gasteiger partial charge in [0.2, 0.25) is 0 Å². The number of rotatable bonds is 3. The zero-order valence-corrected chi connectivity index (χ0v) is 12.4. The van der Waals surface area contributed by atoms with E-state index in [-0.39, 0.29) is 11.6 Å². The Bertz CT molecular complexity index is 270. The predicted octanol–water partition coefficient (Wildman–Crippen LogP) is 0.590. The van der Waals surface area contributed by atoms with Crippen molar-refractivity contribution in [1.82, 2.24) is 0 Å². The van der Waals surface area contributed by atoms with Crippen molar-refractivity contribution in [3.8, 4) is 0 Å². The number of ether oxygens (including phenoxy) is 1. The van der Waals surface area contributed by atoms with Gasteiger partial charge in [-0.3, -0.25) is 0 Å². The van der Waals surface area contributed by atoms with Crippen molar-refractivity contribution in [2.24, 2.45) is 5.73 Å². The zero-order chi connectivity index (χ0) is 13.4. The monoisotopic (exact) mass is 257 g/mol. The molecular formula is C11H24BNO3Si. The smallest absolute Gasteiger partial charge is 0.192 e. The van der Waals surface area contributed by atoms with Crippen LogP contribution in [0.3, 0.4) is 0 Å². The highest BCUT2D eigenvalue weighted by molar-refractivity contribution is 6.74. The lowest BCUT2D eigenvalue weighted by molar-refractivity contribution is 0.0299. The Balaban J connectivity index is 2.75. The van der Waals surface area contributed by atoms with E-state index in [4.69, 9.17) is 22.7 Å². The quantitative estimate of drug-likeness (QED) is 0.726. The summed E-state index contributed by atoms with van der Waals surface area (Å²) in [7, 11) is 3.89. The number of aliphatic hydroxyl groups is 1. The average molecular weight is 257 g/mol. The maximum absolute atomic E-state index is 10.1. The zero-order valence-electron chi connectivity index (χ0n) is 11.4. The van der Waals surface area contributed by atoms with Crippen molar-refractivity contribution >= 4 is 16.2 Å². The van der Waals surface area contributed by atoms with Crippen molar-refractivity contribution in [3.05, 3.63) is 0 Å². The number of hydrogen-bond acceptors (Lipinski definition) is 4. The molecule has 2 radical (unpaired) electrons. The lowest BCUT2D eigenvalue weighted by Crippen LogP contribution is -2.49. The maximum Gasteiger partial charge on any atom is 0.192 e. The summed E-state index contributed by atoms with van der Waals surface area (Å²) in [6, 6.07) is -0.590. The predicted molar refractivity (Wildman–Crippen MR) is 71.5 cm³/mol. The fourth-order valence-corrected chi connectivity index (χ4v) is 2.92. The molecule has 1 unspecified atom stereocenters. The topological polar surface area (TPSA) is 64.7 Å². The first-order valence-corrected chi connectivity index (χ1v) is 8.98. The molecule has 0 aliphatic carbocycles. The van der Waals surface area contributed by atoms with Gasteiger partial charge in [0.15, 0.2) is 8.32 Å². The van der Waals surface area contributed by atoms with Gasteiger partial charge in [-0.2, -0.15) is 0 Å². The van der Waals surface area contributed by atoms with Crippen LogP contribution in [0.1, 0.15) is 20.8 Å². The Morgan fingerprint density at radius 1 is 1.41 bits per heavy atom. The molecule has 6 heteroatoms. The van der Waals surface area contributed by atoms with Crippen LogP contribution in [-0.4, -0.2) is 52.1 Å². The summed E-state index contributed by atoms with van der Waals surface area (Å²) in [4.78, 5) is 0. The average Bonchev–Trinajstić information content (AvgIpc) is 2.43. The normalized spacial score (nSPS) is 35.2. The molecule has 1 fully saturated rings. The minimum atomic E-state index is -1.96. The molecule has 0 aromatic rings. The van der Waals surface area contributed by atoms with Crippen LogP contribution in [0.2, 0.25) is 18.1 Å². The van der Waals surface area contributed by atoms with Crippen LogP contribution < -0.4 is 5.73 Å². The molecule has 0 saturated carbocycles. The van der Waals surface area contributed by atoms with Gasteiger partial charge in [0.1, 0.15) is 14.0 Å². The maximum atomic E-state index is 10.1. The molecule has 17 heavy (non-hydrogen) atoms. The van der Waals surface area contributed by atoms with E-state index in [2.05, 4.69) is 33.9 Å². The third-order valence-corrected chi connectivity index (χ3v) is 8.32. The SMILES string of the molecule is [B][C@@H]1O[C@H](CN)C(O)[C@@H]1O[Si](C)(C)C(C)(C)C. The second kappa shape index (κ2) is 5.01. The Morgan fingerprint density at radius 3 is 2.29 bits per heavy atom. The molecule has 98 valence electrons. The number of nitrogens with two attached hydrogens (primary N) is 1. The molecule has 3 N–H and O–H groups in total. The van der Waals surface area contributed by atoms with Crippen molar-refractivity contribution in [2.45, 2.75) is 63.2 Å². The fraction of sp³-hybridized carbons (Fsp3) is 1.00. The summed E-state index contributed by atoms with van der Waals surface area (Å²) >= 11 is 0. The summed E-state index contributed by atoms with van der Waals surface area (Å²) < 4.78 is 11.5. The Labute approximate surface area is 106 Å². The van der Waals surface area contributed by atoms with Gasteiger partial charge in [0.25, 0.3) is 0 Å². The molecule has 0 amide bonds.